The Labute approximate surface area is 99.4 Å². The molecule has 2 heterocycles. The van der Waals surface area contributed by atoms with Crippen molar-refractivity contribution in [1.29, 1.82) is 0 Å². The lowest BCUT2D eigenvalue weighted by Crippen LogP contribution is -2.35. The average molecular weight is 230 g/mol. The Balaban J connectivity index is 1.96. The van der Waals surface area contributed by atoms with Crippen LogP contribution in [0.25, 0.3) is 0 Å². The molecule has 1 unspecified atom stereocenters. The maximum Gasteiger partial charge on any atom is 0.346 e. The number of carbonyl (C=O) groups is 1. The van der Waals surface area contributed by atoms with Gasteiger partial charge in [-0.05, 0) is 25.8 Å². The summed E-state index contributed by atoms with van der Waals surface area (Å²) >= 11 is 0. The van der Waals surface area contributed by atoms with E-state index < -0.39 is 0 Å². The van der Waals surface area contributed by atoms with Crippen molar-refractivity contribution < 1.29 is 4.79 Å². The molecule has 88 valence electrons. The van der Waals surface area contributed by atoms with Gasteiger partial charge in [0.05, 0.1) is 0 Å². The van der Waals surface area contributed by atoms with Crippen molar-refractivity contribution in [2.24, 2.45) is 10.7 Å². The van der Waals surface area contributed by atoms with Gasteiger partial charge in [-0.15, -0.1) is 0 Å². The van der Waals surface area contributed by atoms with Crippen molar-refractivity contribution in [3.8, 4) is 0 Å². The number of urea groups is 1. The molecule has 0 spiro atoms. The van der Waals surface area contributed by atoms with Crippen molar-refractivity contribution in [2.45, 2.75) is 31.8 Å². The summed E-state index contributed by atoms with van der Waals surface area (Å²) in [6.07, 6.45) is 3.87. The lowest BCUT2D eigenvalue weighted by molar-refractivity contribution is 0.203. The molecule has 0 aromatic carbocycles. The molecule has 2 aliphatic rings. The molecule has 1 atom stereocenters. The van der Waals surface area contributed by atoms with E-state index in [1.165, 1.54) is 0 Å². The largest absolute Gasteiger partial charge is 0.385 e. The molecular weight excluding hydrogens is 216 g/mol. The van der Waals surface area contributed by atoms with Gasteiger partial charge in [0, 0.05) is 23.5 Å². The molecule has 0 saturated heterocycles. The van der Waals surface area contributed by atoms with Crippen molar-refractivity contribution in [3.63, 3.8) is 0 Å². The minimum absolute atomic E-state index is 0.212. The minimum atomic E-state index is -0.219. The van der Waals surface area contributed by atoms with Crippen LogP contribution in [0.4, 0.5) is 4.79 Å². The predicted octanol–water partition coefficient (Wildman–Crippen LogP) is 1.39. The number of hydrogen-bond donors (Lipinski definition) is 1. The van der Waals surface area contributed by atoms with E-state index in [4.69, 9.17) is 5.73 Å². The number of nitrogens with zero attached hydrogens (tertiary/aromatic N) is 3. The zero-order chi connectivity index (χ0) is 12.0. The minimum Gasteiger partial charge on any atom is -0.385 e. The van der Waals surface area contributed by atoms with Crippen LogP contribution < -0.4 is 5.73 Å². The number of aryl methyl sites for hydroxylation is 1. The zero-order valence-electron chi connectivity index (χ0n) is 9.63. The number of nitrogens with two attached hydrogens (primary N) is 1. The van der Waals surface area contributed by atoms with Gasteiger partial charge in [0.1, 0.15) is 11.9 Å². The summed E-state index contributed by atoms with van der Waals surface area (Å²) in [7, 11) is 0. The third-order valence-electron chi connectivity index (χ3n) is 3.19. The maximum absolute atomic E-state index is 11.8. The van der Waals surface area contributed by atoms with Crippen molar-refractivity contribution in [1.82, 2.24) is 9.88 Å². The SMILES string of the molecule is Cc1ccc(C2C(N)=NC(=O)N2C2CC2)cn1. The molecule has 0 radical (unpaired) electrons. The van der Waals surface area contributed by atoms with E-state index in [0.717, 1.165) is 24.1 Å². The Bertz CT molecular complexity index is 490. The first-order chi connectivity index (χ1) is 8.16. The molecule has 1 aliphatic heterocycles. The van der Waals surface area contributed by atoms with Gasteiger partial charge in [0.15, 0.2) is 0 Å². The molecule has 1 aliphatic carbocycles. The van der Waals surface area contributed by atoms with Crippen molar-refractivity contribution >= 4 is 11.9 Å². The van der Waals surface area contributed by atoms with E-state index in [1.807, 2.05) is 19.1 Å². The Morgan fingerprint density at radius 2 is 2.18 bits per heavy atom. The second-order valence-corrected chi connectivity index (χ2v) is 4.59. The number of amides is 2. The standard InChI is InChI=1S/C12H14N4O/c1-7-2-3-8(6-14-7)10-11(13)15-12(17)16(10)9-4-5-9/h2-3,6,9-10H,4-5H2,1H3,(H2,13,15,17). The molecule has 0 bridgehead atoms. The zero-order valence-corrected chi connectivity index (χ0v) is 9.63. The van der Waals surface area contributed by atoms with Crippen molar-refractivity contribution in [2.75, 3.05) is 0 Å². The smallest absolute Gasteiger partial charge is 0.346 e. The quantitative estimate of drug-likeness (QED) is 0.834. The highest BCUT2D eigenvalue weighted by atomic mass is 16.2. The Hall–Kier alpha value is -1.91. The first-order valence-corrected chi connectivity index (χ1v) is 5.76. The summed E-state index contributed by atoms with van der Waals surface area (Å²) in [6, 6.07) is 3.76. The van der Waals surface area contributed by atoms with Crippen LogP contribution in [0.2, 0.25) is 0 Å². The number of rotatable bonds is 2. The fraction of sp³-hybridized carbons (Fsp3) is 0.417. The van der Waals surface area contributed by atoms with E-state index in [-0.39, 0.29) is 12.1 Å². The highest BCUT2D eigenvalue weighted by Gasteiger charge is 2.43. The van der Waals surface area contributed by atoms with E-state index in [0.29, 0.717) is 11.9 Å². The second-order valence-electron chi connectivity index (χ2n) is 4.59. The number of aliphatic imine (C=N–C) groups is 1. The first kappa shape index (κ1) is 10.3. The third-order valence-corrected chi connectivity index (χ3v) is 3.19. The van der Waals surface area contributed by atoms with Gasteiger partial charge < -0.3 is 10.6 Å². The van der Waals surface area contributed by atoms with E-state index in [1.54, 1.807) is 11.1 Å². The molecule has 1 saturated carbocycles. The first-order valence-electron chi connectivity index (χ1n) is 5.76. The van der Waals surface area contributed by atoms with E-state index in [9.17, 15) is 4.79 Å². The molecule has 2 amide bonds. The van der Waals surface area contributed by atoms with Crippen LogP contribution in [0.15, 0.2) is 23.3 Å². The van der Waals surface area contributed by atoms with Crippen LogP contribution in [-0.4, -0.2) is 27.8 Å². The normalized spacial score (nSPS) is 24.1. The average Bonchev–Trinajstić information content (AvgIpc) is 3.07. The van der Waals surface area contributed by atoms with Crippen LogP contribution in [0.3, 0.4) is 0 Å². The number of carbonyl (C=O) groups excluding carboxylic acids is 1. The summed E-state index contributed by atoms with van der Waals surface area (Å²) in [6.45, 7) is 1.93. The van der Waals surface area contributed by atoms with Crippen LogP contribution in [-0.2, 0) is 0 Å². The molecule has 1 fully saturated rings. The summed E-state index contributed by atoms with van der Waals surface area (Å²) in [5.41, 5.74) is 7.75. The lowest BCUT2D eigenvalue weighted by atomic mass is 10.1. The van der Waals surface area contributed by atoms with Gasteiger partial charge in [0.2, 0.25) is 0 Å². The fourth-order valence-corrected chi connectivity index (χ4v) is 2.17. The van der Waals surface area contributed by atoms with Crippen LogP contribution in [0, 0.1) is 6.92 Å². The molecule has 5 heteroatoms. The molecule has 2 N–H and O–H groups in total. The monoisotopic (exact) mass is 230 g/mol. The van der Waals surface area contributed by atoms with Gasteiger partial charge in [-0.2, -0.15) is 4.99 Å². The van der Waals surface area contributed by atoms with Crippen LogP contribution in [0.5, 0.6) is 0 Å². The third kappa shape index (κ3) is 1.67. The summed E-state index contributed by atoms with van der Waals surface area (Å²) in [5, 5.41) is 0. The number of pyridine rings is 1. The van der Waals surface area contributed by atoms with Gasteiger partial charge in [-0.1, -0.05) is 6.07 Å². The molecule has 1 aromatic heterocycles. The summed E-state index contributed by atoms with van der Waals surface area (Å²) in [4.78, 5) is 21.6. The number of hydrogen-bond acceptors (Lipinski definition) is 3. The van der Waals surface area contributed by atoms with Crippen LogP contribution >= 0.6 is 0 Å². The highest BCUT2D eigenvalue weighted by Crippen LogP contribution is 2.37. The number of amidine groups is 1. The maximum atomic E-state index is 11.8. The summed E-state index contributed by atoms with van der Waals surface area (Å²) < 4.78 is 0. The van der Waals surface area contributed by atoms with E-state index >= 15 is 0 Å². The van der Waals surface area contributed by atoms with Gasteiger partial charge in [-0.3, -0.25) is 4.98 Å². The number of aromatic nitrogens is 1. The fourth-order valence-electron chi connectivity index (χ4n) is 2.17. The Morgan fingerprint density at radius 3 is 2.76 bits per heavy atom. The lowest BCUT2D eigenvalue weighted by Gasteiger charge is -2.23. The molecule has 17 heavy (non-hydrogen) atoms. The highest BCUT2D eigenvalue weighted by molar-refractivity contribution is 6.03. The van der Waals surface area contributed by atoms with Gasteiger partial charge >= 0.3 is 6.03 Å². The second kappa shape index (κ2) is 3.55. The topological polar surface area (TPSA) is 71.6 Å². The molecule has 1 aromatic rings. The van der Waals surface area contributed by atoms with Gasteiger partial charge in [0.25, 0.3) is 0 Å². The molecular formula is C12H14N4O. The Kier molecular flexibility index (Phi) is 2.14. The Morgan fingerprint density at radius 1 is 1.41 bits per heavy atom. The van der Waals surface area contributed by atoms with Crippen molar-refractivity contribution in [3.05, 3.63) is 29.6 Å². The van der Waals surface area contributed by atoms with Gasteiger partial charge in [-0.25, -0.2) is 4.79 Å². The molecule has 3 rings (SSSR count). The summed E-state index contributed by atoms with van der Waals surface area (Å²) in [5.74, 6) is 0.382. The van der Waals surface area contributed by atoms with Crippen LogP contribution in [0.1, 0.15) is 30.1 Å². The van der Waals surface area contributed by atoms with E-state index in [2.05, 4.69) is 9.98 Å². The predicted molar refractivity (Wildman–Crippen MR) is 63.6 cm³/mol. The molecule has 5 nitrogen and oxygen atoms in total.